The summed E-state index contributed by atoms with van der Waals surface area (Å²) in [6.45, 7) is 2.00. The van der Waals surface area contributed by atoms with Gasteiger partial charge < -0.3 is 4.74 Å². The van der Waals surface area contributed by atoms with Crippen molar-refractivity contribution in [3.63, 3.8) is 0 Å². The molecule has 0 saturated carbocycles. The summed E-state index contributed by atoms with van der Waals surface area (Å²) in [6.07, 6.45) is 0. The molecule has 0 atom stereocenters. The lowest BCUT2D eigenvalue weighted by atomic mass is 9.97. The first-order chi connectivity index (χ1) is 11.7. The lowest BCUT2D eigenvalue weighted by molar-refractivity contribution is 0.0520. The zero-order valence-corrected chi connectivity index (χ0v) is 13.0. The van der Waals surface area contributed by atoms with Gasteiger partial charge in [-0.15, -0.1) is 5.10 Å². The van der Waals surface area contributed by atoms with Crippen molar-refractivity contribution in [1.29, 1.82) is 5.26 Å². The Kier molecular flexibility index (Phi) is 4.34. The van der Waals surface area contributed by atoms with E-state index in [1.165, 1.54) is 0 Å². The summed E-state index contributed by atoms with van der Waals surface area (Å²) in [5.41, 5.74) is 3.55. The normalized spacial score (nSPS) is 10.2. The van der Waals surface area contributed by atoms with Crippen LogP contribution in [0.3, 0.4) is 0 Å². The zero-order chi connectivity index (χ0) is 16.9. The third kappa shape index (κ3) is 2.88. The van der Waals surface area contributed by atoms with Crippen molar-refractivity contribution >= 4 is 5.97 Å². The van der Waals surface area contributed by atoms with Crippen LogP contribution in [-0.2, 0) is 4.74 Å². The number of ether oxygens (including phenoxy) is 1. The van der Waals surface area contributed by atoms with Gasteiger partial charge in [0.2, 0.25) is 0 Å². The van der Waals surface area contributed by atoms with Gasteiger partial charge in [-0.2, -0.15) is 15.6 Å². The summed E-state index contributed by atoms with van der Waals surface area (Å²) in [7, 11) is 0. The van der Waals surface area contributed by atoms with Crippen molar-refractivity contribution in [1.82, 2.24) is 15.4 Å². The number of nitriles is 1. The fourth-order valence-electron chi connectivity index (χ4n) is 2.44. The number of nitrogens with zero attached hydrogens (tertiary/aromatic N) is 3. The van der Waals surface area contributed by atoms with Gasteiger partial charge in [0.05, 0.1) is 18.2 Å². The van der Waals surface area contributed by atoms with Crippen molar-refractivity contribution in [3.8, 4) is 28.5 Å². The van der Waals surface area contributed by atoms with Crippen LogP contribution in [0, 0.1) is 11.3 Å². The monoisotopic (exact) mass is 318 g/mol. The number of nitrogens with one attached hydrogen (secondary N) is 1. The van der Waals surface area contributed by atoms with Gasteiger partial charge >= 0.3 is 5.97 Å². The molecule has 0 fully saturated rings. The van der Waals surface area contributed by atoms with Gasteiger partial charge in [-0.3, -0.25) is 0 Å². The fourth-order valence-corrected chi connectivity index (χ4v) is 2.44. The second-order valence-electron chi connectivity index (χ2n) is 4.98. The van der Waals surface area contributed by atoms with Crippen LogP contribution in [0.15, 0.2) is 48.5 Å². The molecule has 0 spiro atoms. The summed E-state index contributed by atoms with van der Waals surface area (Å²) in [4.78, 5) is 12.0. The highest BCUT2D eigenvalue weighted by Crippen LogP contribution is 2.28. The number of carbonyl (C=O) groups excluding carboxylic acids is 1. The average molecular weight is 318 g/mol. The van der Waals surface area contributed by atoms with Gasteiger partial charge in [0.1, 0.15) is 5.69 Å². The number of carbonyl (C=O) groups is 1. The molecule has 0 aliphatic heterocycles. The lowest BCUT2D eigenvalue weighted by Gasteiger charge is -2.06. The van der Waals surface area contributed by atoms with E-state index in [-0.39, 0.29) is 12.3 Å². The first-order valence-corrected chi connectivity index (χ1v) is 7.42. The minimum atomic E-state index is -0.524. The number of aromatic amines is 1. The molecule has 3 rings (SSSR count). The van der Waals surface area contributed by atoms with Crippen LogP contribution in [-0.4, -0.2) is 28.0 Å². The van der Waals surface area contributed by atoms with E-state index in [0.717, 1.165) is 16.7 Å². The minimum absolute atomic E-state index is 0.141. The zero-order valence-electron chi connectivity index (χ0n) is 13.0. The van der Waals surface area contributed by atoms with Crippen LogP contribution >= 0.6 is 0 Å². The largest absolute Gasteiger partial charge is 0.461 e. The molecule has 6 heteroatoms. The number of aromatic nitrogens is 3. The molecular formula is C18H14N4O2. The van der Waals surface area contributed by atoms with Crippen molar-refractivity contribution in [3.05, 3.63) is 59.8 Å². The first-order valence-electron chi connectivity index (χ1n) is 7.42. The highest BCUT2D eigenvalue weighted by molar-refractivity contribution is 5.94. The predicted octanol–water partition coefficient (Wildman–Crippen LogP) is 3.19. The summed E-state index contributed by atoms with van der Waals surface area (Å²) in [5, 5.41) is 19.7. The van der Waals surface area contributed by atoms with E-state index in [1.807, 2.05) is 42.5 Å². The number of rotatable bonds is 4. The molecule has 0 saturated heterocycles. The SMILES string of the molecule is CCOC(=O)c1n[nH]nc1-c1cccc(-c2ccccc2C#N)c1. The van der Waals surface area contributed by atoms with Gasteiger partial charge in [-0.1, -0.05) is 36.4 Å². The number of hydrogen-bond acceptors (Lipinski definition) is 5. The van der Waals surface area contributed by atoms with Crippen molar-refractivity contribution in [2.24, 2.45) is 0 Å². The third-order valence-corrected chi connectivity index (χ3v) is 3.51. The summed E-state index contributed by atoms with van der Waals surface area (Å²) >= 11 is 0. The Morgan fingerprint density at radius 2 is 1.96 bits per heavy atom. The van der Waals surface area contributed by atoms with E-state index in [2.05, 4.69) is 21.5 Å². The number of benzene rings is 2. The fraction of sp³-hybridized carbons (Fsp3) is 0.111. The average Bonchev–Trinajstić information content (AvgIpc) is 3.12. The molecule has 118 valence electrons. The number of H-pyrrole nitrogens is 1. The molecule has 1 N–H and O–H groups in total. The van der Waals surface area contributed by atoms with Crippen LogP contribution < -0.4 is 0 Å². The summed E-state index contributed by atoms with van der Waals surface area (Å²) < 4.78 is 5.00. The van der Waals surface area contributed by atoms with E-state index in [1.54, 1.807) is 13.0 Å². The highest BCUT2D eigenvalue weighted by atomic mass is 16.5. The molecule has 0 aliphatic rings. The second kappa shape index (κ2) is 6.75. The molecule has 0 radical (unpaired) electrons. The topological polar surface area (TPSA) is 91.7 Å². The third-order valence-electron chi connectivity index (χ3n) is 3.51. The van der Waals surface area contributed by atoms with Crippen LogP contribution in [0.5, 0.6) is 0 Å². The van der Waals surface area contributed by atoms with Gasteiger partial charge in [-0.25, -0.2) is 4.79 Å². The molecule has 1 heterocycles. The van der Waals surface area contributed by atoms with Gasteiger partial charge in [0, 0.05) is 5.56 Å². The number of hydrogen-bond donors (Lipinski definition) is 1. The molecule has 24 heavy (non-hydrogen) atoms. The van der Waals surface area contributed by atoms with E-state index >= 15 is 0 Å². The van der Waals surface area contributed by atoms with Crippen molar-refractivity contribution in [2.45, 2.75) is 6.92 Å². The Morgan fingerprint density at radius 3 is 2.75 bits per heavy atom. The van der Waals surface area contributed by atoms with Gasteiger partial charge in [0.15, 0.2) is 5.69 Å². The molecule has 0 amide bonds. The molecule has 0 unspecified atom stereocenters. The summed E-state index contributed by atoms with van der Waals surface area (Å²) in [5.74, 6) is -0.524. The number of esters is 1. The van der Waals surface area contributed by atoms with Crippen LogP contribution in [0.4, 0.5) is 0 Å². The van der Waals surface area contributed by atoms with Crippen molar-refractivity contribution < 1.29 is 9.53 Å². The Morgan fingerprint density at radius 1 is 1.17 bits per heavy atom. The maximum Gasteiger partial charge on any atom is 0.361 e. The van der Waals surface area contributed by atoms with Crippen molar-refractivity contribution in [2.75, 3.05) is 6.61 Å². The van der Waals surface area contributed by atoms with Gasteiger partial charge in [-0.05, 0) is 30.2 Å². The Labute approximate surface area is 138 Å². The van der Waals surface area contributed by atoms with E-state index in [9.17, 15) is 10.1 Å². The summed E-state index contributed by atoms with van der Waals surface area (Å²) in [6, 6.07) is 17.0. The smallest absolute Gasteiger partial charge is 0.361 e. The Balaban J connectivity index is 2.06. The molecule has 0 aliphatic carbocycles. The quantitative estimate of drug-likeness (QED) is 0.746. The Bertz CT molecular complexity index is 925. The lowest BCUT2D eigenvalue weighted by Crippen LogP contribution is -2.06. The predicted molar refractivity (Wildman–Crippen MR) is 87.9 cm³/mol. The maximum absolute atomic E-state index is 12.0. The van der Waals surface area contributed by atoms with E-state index in [0.29, 0.717) is 11.3 Å². The Hall–Kier alpha value is -3.46. The second-order valence-corrected chi connectivity index (χ2v) is 4.98. The van der Waals surface area contributed by atoms with Crippen LogP contribution in [0.1, 0.15) is 23.0 Å². The van der Waals surface area contributed by atoms with Crippen LogP contribution in [0.25, 0.3) is 22.4 Å². The maximum atomic E-state index is 12.0. The minimum Gasteiger partial charge on any atom is -0.461 e. The van der Waals surface area contributed by atoms with E-state index < -0.39 is 5.97 Å². The standard InChI is InChI=1S/C18H14N4O2/c1-2-24-18(23)17-16(20-22-21-17)13-8-5-7-12(10-13)15-9-4-3-6-14(15)11-19/h3-10H,2H2,1H3,(H,20,21,22). The molecule has 2 aromatic carbocycles. The molecule has 6 nitrogen and oxygen atoms in total. The molecule has 0 bridgehead atoms. The molecule has 3 aromatic rings. The molecule has 1 aromatic heterocycles. The van der Waals surface area contributed by atoms with E-state index in [4.69, 9.17) is 4.74 Å². The first kappa shape index (κ1) is 15.4. The van der Waals surface area contributed by atoms with Gasteiger partial charge in [0.25, 0.3) is 0 Å². The molecular weight excluding hydrogens is 304 g/mol. The highest BCUT2D eigenvalue weighted by Gasteiger charge is 2.19. The van der Waals surface area contributed by atoms with Crippen LogP contribution in [0.2, 0.25) is 0 Å².